The first kappa shape index (κ1) is 87.7. The summed E-state index contributed by atoms with van der Waals surface area (Å²) in [6.07, 6.45) is 55.8. The Morgan fingerprint density at radius 2 is 0.547 bits per heavy atom. The molecule has 0 amide bonds. The largest absolute Gasteiger partial charge is 0.381 e. The fourth-order valence-corrected chi connectivity index (χ4v) is 23.6. The van der Waals surface area contributed by atoms with Crippen molar-refractivity contribution in [3.05, 3.63) is 229 Å². The van der Waals surface area contributed by atoms with E-state index >= 15 is 0 Å². The van der Waals surface area contributed by atoms with Crippen LogP contribution in [-0.4, -0.2) is 140 Å². The molecular formula is C102H116Cl2F6N16O2. The van der Waals surface area contributed by atoms with Crippen molar-refractivity contribution in [3.63, 3.8) is 0 Å². The molecule has 10 unspecified atom stereocenters. The van der Waals surface area contributed by atoms with Crippen LogP contribution in [0.1, 0.15) is 276 Å². The van der Waals surface area contributed by atoms with Gasteiger partial charge in [-0.2, -0.15) is 0 Å². The molecule has 128 heavy (non-hydrogen) atoms. The summed E-state index contributed by atoms with van der Waals surface area (Å²) in [6, 6.07) is 28.0. The fourth-order valence-electron chi connectivity index (χ4n) is 23.0. The highest BCUT2D eigenvalue weighted by atomic mass is 35.5. The Balaban J connectivity index is 0.0000000999. The molecule has 10 aromatic heterocycles. The Bertz CT molecular complexity index is 5120. The quantitative estimate of drug-likeness (QED) is 0.0744. The molecule has 6 fully saturated rings. The minimum atomic E-state index is -1.11. The van der Waals surface area contributed by atoms with Gasteiger partial charge in [-0.25, -0.2) is 56.2 Å². The molecule has 0 spiro atoms. The van der Waals surface area contributed by atoms with E-state index in [9.17, 15) is 26.3 Å². The molecule has 0 N–H and O–H groups in total. The molecule has 0 bridgehead atoms. The number of fused-ring (bicyclic) bond motifs is 18. The van der Waals surface area contributed by atoms with Gasteiger partial charge in [-0.1, -0.05) is 125 Å². The van der Waals surface area contributed by atoms with Gasteiger partial charge >= 0.3 is 0 Å². The van der Waals surface area contributed by atoms with Crippen molar-refractivity contribution >= 4 is 23.2 Å². The number of halogens is 8. The van der Waals surface area contributed by atoms with Crippen LogP contribution in [0.4, 0.5) is 26.3 Å². The van der Waals surface area contributed by atoms with Crippen LogP contribution in [0, 0.1) is 23.7 Å². The Morgan fingerprint density at radius 1 is 0.312 bits per heavy atom. The Labute approximate surface area is 756 Å². The van der Waals surface area contributed by atoms with Crippen molar-refractivity contribution in [2.24, 2.45) is 23.7 Å². The van der Waals surface area contributed by atoms with Crippen LogP contribution < -0.4 is 0 Å². The van der Waals surface area contributed by atoms with E-state index in [4.69, 9.17) is 32.7 Å². The Morgan fingerprint density at radius 3 is 0.805 bits per heavy atom. The minimum Gasteiger partial charge on any atom is -0.381 e. The molecule has 18 nitrogen and oxygen atoms in total. The molecule has 4 saturated carbocycles. The van der Waals surface area contributed by atoms with Crippen molar-refractivity contribution in [3.8, 4) is 67.5 Å². The number of rotatable bonds is 18. The molecule has 672 valence electrons. The lowest BCUT2D eigenvalue weighted by atomic mass is 9.83. The third-order valence-corrected chi connectivity index (χ3v) is 30.7. The zero-order valence-corrected chi connectivity index (χ0v) is 74.4. The maximum Gasteiger partial charge on any atom is 0.115 e. The second-order valence-corrected chi connectivity index (χ2v) is 38.4. The fraction of sp³-hybridized carbons (Fsp3) is 0.510. The number of hydrogen-bond donors (Lipinski definition) is 0. The first-order chi connectivity index (χ1) is 62.7. The zero-order chi connectivity index (χ0) is 87.2. The van der Waals surface area contributed by atoms with Gasteiger partial charge in [0.25, 0.3) is 0 Å². The van der Waals surface area contributed by atoms with Gasteiger partial charge in [0, 0.05) is 157 Å². The summed E-state index contributed by atoms with van der Waals surface area (Å²) < 4.78 is 112. The maximum atomic E-state index is 14.9. The first-order valence-corrected chi connectivity index (χ1v) is 48.1. The topological polar surface area (TPSA) is 177 Å². The number of pyridine rings is 4. The van der Waals surface area contributed by atoms with Crippen molar-refractivity contribution in [2.75, 3.05) is 26.4 Å². The predicted octanol–water partition coefficient (Wildman–Crippen LogP) is 25.4. The van der Waals surface area contributed by atoms with Gasteiger partial charge in [0.1, 0.15) is 36.0 Å². The number of ether oxygens (including phenoxy) is 2. The molecular weight excluding hydrogens is 1670 g/mol. The number of alkyl halides is 6. The summed E-state index contributed by atoms with van der Waals surface area (Å²) in [5.74, 6) is 0.939. The second-order valence-electron chi connectivity index (χ2n) is 37.6. The van der Waals surface area contributed by atoms with Gasteiger partial charge < -0.3 is 36.9 Å². The summed E-state index contributed by atoms with van der Waals surface area (Å²) in [6.45, 7) is 2.09. The number of nitrogens with zero attached hydrogens (tertiary/aromatic N) is 16. The van der Waals surface area contributed by atoms with Crippen LogP contribution in [0.3, 0.4) is 0 Å². The average Bonchev–Trinajstić information content (AvgIpc) is 1.59. The average molecular weight is 1780 g/mol. The van der Waals surface area contributed by atoms with Crippen LogP contribution in [0.15, 0.2) is 185 Å². The molecule has 4 aliphatic carbocycles. The lowest BCUT2D eigenvalue weighted by Gasteiger charge is -2.30. The van der Waals surface area contributed by atoms with E-state index in [-0.39, 0.29) is 59.9 Å². The van der Waals surface area contributed by atoms with Crippen molar-refractivity contribution in [1.82, 2.24) is 77.2 Å². The minimum absolute atomic E-state index is 0.00984. The Kier molecular flexibility index (Phi) is 27.1. The maximum absolute atomic E-state index is 14.9. The summed E-state index contributed by atoms with van der Waals surface area (Å²) in [5, 5.41) is 1.51. The molecule has 18 heterocycles. The van der Waals surface area contributed by atoms with Crippen LogP contribution >= 0.6 is 23.2 Å². The molecule has 2 saturated heterocycles. The predicted molar refractivity (Wildman–Crippen MR) is 487 cm³/mol. The van der Waals surface area contributed by atoms with Gasteiger partial charge in [-0.15, -0.1) is 0 Å². The third kappa shape index (κ3) is 18.4. The van der Waals surface area contributed by atoms with Gasteiger partial charge in [0.05, 0.1) is 168 Å². The van der Waals surface area contributed by atoms with Crippen LogP contribution in [0.2, 0.25) is 10.0 Å². The van der Waals surface area contributed by atoms with E-state index in [1.54, 1.807) is 24.8 Å². The lowest BCUT2D eigenvalue weighted by molar-refractivity contribution is -0.0155. The molecule has 12 aliphatic rings. The second kappa shape index (κ2) is 39.6. The van der Waals surface area contributed by atoms with Crippen molar-refractivity contribution < 1.29 is 35.8 Å². The van der Waals surface area contributed by atoms with Gasteiger partial charge in [-0.05, 0) is 161 Å². The normalized spacial score (nSPS) is 22.7. The highest BCUT2D eigenvalue weighted by Crippen LogP contribution is 2.52. The van der Waals surface area contributed by atoms with E-state index in [2.05, 4.69) is 114 Å². The molecule has 8 aliphatic heterocycles. The number of aromatic nitrogens is 16. The third-order valence-electron chi connectivity index (χ3n) is 30.0. The molecule has 12 aromatic rings. The van der Waals surface area contributed by atoms with Crippen molar-refractivity contribution in [1.29, 1.82) is 0 Å². The number of hydrogen-bond acceptors (Lipinski definition) is 12. The molecule has 0 radical (unpaired) electrons. The Hall–Kier alpha value is -9.62. The first-order valence-electron chi connectivity index (χ1n) is 47.3. The van der Waals surface area contributed by atoms with Gasteiger partial charge in [0.15, 0.2) is 0 Å². The number of benzene rings is 2. The molecule has 10 atom stereocenters. The number of imidazole rings is 6. The van der Waals surface area contributed by atoms with Gasteiger partial charge in [0.2, 0.25) is 0 Å². The lowest BCUT2D eigenvalue weighted by Crippen LogP contribution is -2.32. The highest BCUT2D eigenvalue weighted by Gasteiger charge is 2.43. The summed E-state index contributed by atoms with van der Waals surface area (Å²) in [7, 11) is 0. The monoisotopic (exact) mass is 1780 g/mol. The summed E-state index contributed by atoms with van der Waals surface area (Å²) in [4.78, 5) is 43.4. The van der Waals surface area contributed by atoms with E-state index in [0.717, 1.165) is 176 Å². The van der Waals surface area contributed by atoms with E-state index in [1.807, 2.05) is 124 Å². The SMILES string of the molecule is FC(CC1c2ncccc2-c2cncn21)C1CCCCC1.FC(CC1c2ncccc2-c2cncn21)C1CCCCC1.FC(CC1c2ncccc2-c2cncn21)C1CCCCC1.FC(CC1c2ncccc2-c2cncn21)C1CCCCC1.FC1(CCC2c3c(Cl)cccc3-c3cncn32)CCOCC1.FC1(CCC2c3c(Cl)cccc3-c3cncn32)CCOCC1. The van der Waals surface area contributed by atoms with Gasteiger partial charge in [-0.3, -0.25) is 19.9 Å². The van der Waals surface area contributed by atoms with Crippen LogP contribution in [-0.2, 0) is 9.47 Å². The van der Waals surface area contributed by atoms with E-state index in [0.29, 0.717) is 90.6 Å². The van der Waals surface area contributed by atoms with Crippen molar-refractivity contribution in [2.45, 2.75) is 278 Å². The summed E-state index contributed by atoms with van der Waals surface area (Å²) in [5.41, 5.74) is 17.1. The van der Waals surface area contributed by atoms with E-state index in [1.165, 1.54) is 77.0 Å². The van der Waals surface area contributed by atoms with Crippen LogP contribution in [0.25, 0.3) is 67.5 Å². The smallest absolute Gasteiger partial charge is 0.115 e. The van der Waals surface area contributed by atoms with E-state index < -0.39 is 36.0 Å². The molecule has 2 aromatic carbocycles. The summed E-state index contributed by atoms with van der Waals surface area (Å²) >= 11 is 12.8. The molecule has 24 rings (SSSR count). The zero-order valence-electron chi connectivity index (χ0n) is 72.9. The standard InChI is InChI=1S/2C17H18ClFN2O.4C17H20FN3/c2*18-13-3-1-2-12-15-10-20-11-21(15)14(16(12)13)4-5-17(19)6-8-22-9-7-17;4*18-14(12-5-2-1-3-6-12)9-15-17-13(7-4-8-20-17)16-10-19-11-21(15)16/h2*1-3,10-11,14H,4-9H2;4*4,7-8,10-12,14-15H,1-3,5-6,9H2. The van der Waals surface area contributed by atoms with Crippen LogP contribution in [0.5, 0.6) is 0 Å². The molecule has 26 heteroatoms. The highest BCUT2D eigenvalue weighted by molar-refractivity contribution is 6.32.